The zero-order chi connectivity index (χ0) is 13.8. The Morgan fingerprint density at radius 2 is 1.44 bits per heavy atom. The molecule has 0 saturated heterocycles. The number of carbonyl (C=O) groups is 1. The fourth-order valence-corrected chi connectivity index (χ4v) is 1.14. The summed E-state index contributed by atoms with van der Waals surface area (Å²) in [4.78, 5) is 10.3. The van der Waals surface area contributed by atoms with Crippen LogP contribution >= 0.6 is 0 Å². The molecule has 1 N–H and O–H groups in total. The molecule has 0 saturated carbocycles. The predicted octanol–water partition coefficient (Wildman–Crippen LogP) is -0.0195. The van der Waals surface area contributed by atoms with Gasteiger partial charge in [0.05, 0.1) is 6.26 Å². The Labute approximate surface area is 91.1 Å². The maximum Gasteiger partial charge on any atom is 0.452 e. The lowest BCUT2D eigenvalue weighted by Crippen LogP contribution is -2.46. The van der Waals surface area contributed by atoms with Crippen LogP contribution in [0.5, 0.6) is 0 Å². The molecule has 1 amide bonds. The second-order valence-corrected chi connectivity index (χ2v) is 5.29. The number of carbonyl (C=O) groups excluding carboxylic acids is 1. The monoisotopic (exact) mass is 285 g/mol. The number of nitrogens with one attached hydrogen (secondary N) is 1. The minimum Gasteiger partial charge on any atom is -0.266 e. The molecular weight excluding hydrogens is 275 g/mol. The van der Waals surface area contributed by atoms with Gasteiger partial charge in [0.2, 0.25) is 10.0 Å². The average molecular weight is 285 g/mol. The Balaban J connectivity index is 0. The Morgan fingerprint density at radius 1 is 1.12 bits per heavy atom. The van der Waals surface area contributed by atoms with Crippen LogP contribution in [0.2, 0.25) is 0 Å². The van der Waals surface area contributed by atoms with E-state index in [-0.39, 0.29) is 0 Å². The molecular formula is C5H10F3NO5S2. The fraction of sp³-hybridized carbons (Fsp3) is 0.800. The van der Waals surface area contributed by atoms with Crippen molar-refractivity contribution in [3.8, 4) is 0 Å². The van der Waals surface area contributed by atoms with Crippen molar-refractivity contribution in [3.63, 3.8) is 0 Å². The van der Waals surface area contributed by atoms with Crippen molar-refractivity contribution >= 4 is 26.2 Å². The van der Waals surface area contributed by atoms with E-state index in [2.05, 4.69) is 0 Å². The van der Waals surface area contributed by atoms with Gasteiger partial charge >= 0.3 is 21.4 Å². The van der Waals surface area contributed by atoms with Crippen LogP contribution in [0.4, 0.5) is 12.7 Å². The zero-order valence-corrected chi connectivity index (χ0v) is 10.1. The number of hydrogen-bond acceptors (Lipinski definition) is 5. The molecule has 0 aromatic carbocycles. The minimum absolute atomic E-state index is 0.325. The van der Waals surface area contributed by atoms with Gasteiger partial charge in [0.15, 0.2) is 0 Å². The van der Waals surface area contributed by atoms with E-state index < -0.39 is 31.4 Å². The molecule has 6 nitrogen and oxygen atoms in total. The van der Waals surface area contributed by atoms with Gasteiger partial charge in [-0.15, -0.1) is 0 Å². The van der Waals surface area contributed by atoms with Gasteiger partial charge in [-0.25, -0.2) is 13.1 Å². The highest BCUT2D eigenvalue weighted by Crippen LogP contribution is 2.23. The van der Waals surface area contributed by atoms with E-state index in [9.17, 15) is 34.3 Å². The minimum atomic E-state index is -6.48. The molecule has 16 heavy (non-hydrogen) atoms. The molecule has 0 fully saturated rings. The zero-order valence-electron chi connectivity index (χ0n) is 8.49. The molecule has 0 bridgehead atoms. The van der Waals surface area contributed by atoms with Gasteiger partial charge in [0, 0.05) is 0 Å². The molecule has 0 aromatic heterocycles. The highest BCUT2D eigenvalue weighted by atomic mass is 32.3. The summed E-state index contributed by atoms with van der Waals surface area (Å²) in [6.45, 7) is 4.00. The van der Waals surface area contributed by atoms with Crippen molar-refractivity contribution < 1.29 is 34.3 Å². The van der Waals surface area contributed by atoms with E-state index >= 15 is 0 Å². The van der Waals surface area contributed by atoms with Crippen molar-refractivity contribution in [1.82, 2.24) is 4.72 Å². The van der Waals surface area contributed by atoms with Crippen LogP contribution < -0.4 is 4.72 Å². The van der Waals surface area contributed by atoms with Gasteiger partial charge in [0.25, 0.3) is 0 Å². The van der Waals surface area contributed by atoms with Gasteiger partial charge in [-0.05, 0) is 0 Å². The van der Waals surface area contributed by atoms with Gasteiger partial charge < -0.3 is 0 Å². The van der Waals surface area contributed by atoms with E-state index in [0.29, 0.717) is 11.0 Å². The first kappa shape index (κ1) is 17.6. The number of sulfonamides is 1. The molecule has 0 heterocycles. The van der Waals surface area contributed by atoms with Crippen LogP contribution in [-0.4, -0.2) is 34.3 Å². The Morgan fingerprint density at radius 3 is 1.62 bits per heavy atom. The average Bonchev–Trinajstić information content (AvgIpc) is 2.02. The summed E-state index contributed by atoms with van der Waals surface area (Å²) in [5.41, 5.74) is 0. The van der Waals surface area contributed by atoms with E-state index in [1.165, 1.54) is 0 Å². The molecule has 0 aromatic rings. The maximum absolute atomic E-state index is 12.2. The van der Waals surface area contributed by atoms with Crippen molar-refractivity contribution in [3.05, 3.63) is 0 Å². The SMILES string of the molecule is CC.CS(=O)(=O)NC(=O)C(F)(F)S(=O)(=O)F. The van der Waals surface area contributed by atoms with Crippen LogP contribution in [0.25, 0.3) is 0 Å². The lowest BCUT2D eigenvalue weighted by molar-refractivity contribution is -0.133. The fourth-order valence-electron chi connectivity index (χ4n) is 0.339. The van der Waals surface area contributed by atoms with Crippen LogP contribution in [0.15, 0.2) is 0 Å². The number of hydrogen-bond donors (Lipinski definition) is 1. The summed E-state index contributed by atoms with van der Waals surface area (Å²) >= 11 is 0. The molecule has 0 aliphatic carbocycles. The topological polar surface area (TPSA) is 97.4 Å². The summed E-state index contributed by atoms with van der Waals surface area (Å²) in [6.07, 6.45) is 0.325. The maximum atomic E-state index is 12.2. The Hall–Kier alpha value is -0.840. The lowest BCUT2D eigenvalue weighted by atomic mass is 10.7. The highest BCUT2D eigenvalue weighted by Gasteiger charge is 2.54. The summed E-state index contributed by atoms with van der Waals surface area (Å²) in [6, 6.07) is 0. The first-order chi connectivity index (χ1) is 6.88. The molecule has 0 unspecified atom stereocenters. The largest absolute Gasteiger partial charge is 0.452 e. The summed E-state index contributed by atoms with van der Waals surface area (Å²) in [7, 11) is -10.9. The number of amides is 1. The van der Waals surface area contributed by atoms with Crippen molar-refractivity contribution in [2.45, 2.75) is 19.1 Å². The standard InChI is InChI=1S/C3H4F3NO5S2.C2H6/c1-13(9,10)7-2(8)3(4,5)14(6,11)12;1-2/h1H3,(H,7,8);1-2H3. The van der Waals surface area contributed by atoms with Crippen molar-refractivity contribution in [2.24, 2.45) is 0 Å². The van der Waals surface area contributed by atoms with Crippen LogP contribution in [-0.2, 0) is 25.0 Å². The number of rotatable bonds is 3. The molecule has 0 rings (SSSR count). The van der Waals surface area contributed by atoms with Crippen molar-refractivity contribution in [1.29, 1.82) is 0 Å². The van der Waals surface area contributed by atoms with Gasteiger partial charge in [-0.3, -0.25) is 4.79 Å². The predicted molar refractivity (Wildman–Crippen MR) is 49.3 cm³/mol. The third-order valence-corrected chi connectivity index (χ3v) is 2.20. The van der Waals surface area contributed by atoms with E-state index in [4.69, 9.17) is 0 Å². The van der Waals surface area contributed by atoms with E-state index in [1.54, 1.807) is 0 Å². The van der Waals surface area contributed by atoms with Gasteiger partial charge in [0.1, 0.15) is 0 Å². The third-order valence-electron chi connectivity index (χ3n) is 0.849. The molecule has 0 radical (unpaired) electrons. The summed E-state index contributed by atoms with van der Waals surface area (Å²) in [5, 5.41) is -5.42. The Kier molecular flexibility index (Phi) is 6.01. The van der Waals surface area contributed by atoms with Gasteiger partial charge in [-0.1, -0.05) is 17.7 Å². The van der Waals surface area contributed by atoms with Crippen LogP contribution in [0.1, 0.15) is 13.8 Å². The normalized spacial score (nSPS) is 12.4. The summed E-state index contributed by atoms with van der Waals surface area (Å²) < 4.78 is 76.7. The summed E-state index contributed by atoms with van der Waals surface area (Å²) in [5.74, 6) is -2.76. The molecule has 0 atom stereocenters. The first-order valence-corrected chi connectivity index (χ1v) is 6.99. The number of alkyl halides is 2. The molecule has 0 spiro atoms. The quantitative estimate of drug-likeness (QED) is 0.735. The van der Waals surface area contributed by atoms with Crippen molar-refractivity contribution in [2.75, 3.05) is 6.26 Å². The second-order valence-electron chi connectivity index (χ2n) is 2.16. The smallest absolute Gasteiger partial charge is 0.266 e. The Bertz CT molecular complexity index is 441. The molecule has 98 valence electrons. The van der Waals surface area contributed by atoms with E-state index in [0.717, 1.165) is 0 Å². The molecule has 0 aliphatic rings. The third kappa shape index (κ3) is 5.30. The van der Waals surface area contributed by atoms with Crippen LogP contribution in [0.3, 0.4) is 0 Å². The van der Waals surface area contributed by atoms with Crippen LogP contribution in [0, 0.1) is 0 Å². The second kappa shape index (κ2) is 5.48. The highest BCUT2D eigenvalue weighted by molar-refractivity contribution is 7.90. The lowest BCUT2D eigenvalue weighted by Gasteiger charge is -2.09. The number of halogens is 3. The van der Waals surface area contributed by atoms with Gasteiger partial charge in [-0.2, -0.15) is 17.2 Å². The van der Waals surface area contributed by atoms with E-state index in [1.807, 2.05) is 13.8 Å². The molecule has 11 heteroatoms. The molecule has 0 aliphatic heterocycles. The first-order valence-electron chi connectivity index (χ1n) is 3.72.